The topological polar surface area (TPSA) is 149 Å². The number of aliphatic hydroxyl groups is 5. The Labute approximate surface area is 386 Å². The molecule has 1 amide bonds. The molecule has 0 bridgehead atoms. The average molecular weight is 888 g/mol. The van der Waals surface area contributed by atoms with Crippen LogP contribution in [0.2, 0.25) is 0 Å². The standard InChI is InChI=1S/C54H97NO8/c1-3-5-7-9-11-13-15-16-17-18-19-20-21-22-23-24-25-26-27-28-29-30-31-32-34-36-38-40-42-44-50(58)55-47(46-62-54-53(61)52(60)51(59)49(45-56)63-54)48(57)43-41-39-37-35-33-14-12-10-8-6-4-2/h8,10,15-16,18-19,33,35,41,43,47-49,51-54,56-57,59-61H,3-7,9,11-14,17,20-32,34,36-40,42,44-46H2,1-2H3,(H,55,58)/b10-8+,16-15-,19-18-,35-33+,43-41+. The second-order valence-electron chi connectivity index (χ2n) is 17.9. The quantitative estimate of drug-likeness (QED) is 0.0262. The summed E-state index contributed by atoms with van der Waals surface area (Å²) in [6, 6.07) is -0.827. The Morgan fingerprint density at radius 3 is 1.48 bits per heavy atom. The van der Waals surface area contributed by atoms with Crippen LogP contribution in [0.5, 0.6) is 0 Å². The molecule has 366 valence electrons. The Hall–Kier alpha value is -2.11. The van der Waals surface area contributed by atoms with Crippen LogP contribution in [0, 0.1) is 0 Å². The SMILES string of the molecule is CCC/C=C/CC/C=C/CC/C=C/C(O)C(COC1OC(CO)C(O)C(O)C1O)NC(=O)CCCCCCCCCCCCCCCCCCC/C=C\C/C=C\CCCCCCC. The highest BCUT2D eigenvalue weighted by Crippen LogP contribution is 2.23. The summed E-state index contributed by atoms with van der Waals surface area (Å²) in [6.45, 7) is 3.66. The summed E-state index contributed by atoms with van der Waals surface area (Å²) >= 11 is 0. The number of carbonyl (C=O) groups excluding carboxylic acids is 1. The molecule has 0 aromatic rings. The zero-order valence-corrected chi connectivity index (χ0v) is 40.3. The number of allylic oxidation sites excluding steroid dienone is 9. The first-order valence-electron chi connectivity index (χ1n) is 26.0. The van der Waals surface area contributed by atoms with Crippen LogP contribution in [-0.4, -0.2) is 87.5 Å². The predicted octanol–water partition coefficient (Wildman–Crippen LogP) is 12.0. The zero-order chi connectivity index (χ0) is 45.9. The predicted molar refractivity (Wildman–Crippen MR) is 262 cm³/mol. The van der Waals surface area contributed by atoms with Gasteiger partial charge in [-0.2, -0.15) is 0 Å². The summed E-state index contributed by atoms with van der Waals surface area (Å²) < 4.78 is 11.2. The molecule has 63 heavy (non-hydrogen) atoms. The fourth-order valence-corrected chi connectivity index (χ4v) is 7.87. The van der Waals surface area contributed by atoms with Gasteiger partial charge in [0.2, 0.25) is 5.91 Å². The maximum Gasteiger partial charge on any atom is 0.220 e. The highest BCUT2D eigenvalue weighted by Gasteiger charge is 2.44. The highest BCUT2D eigenvalue weighted by molar-refractivity contribution is 5.76. The number of hydrogen-bond acceptors (Lipinski definition) is 8. The van der Waals surface area contributed by atoms with Crippen LogP contribution in [0.15, 0.2) is 60.8 Å². The summed E-state index contributed by atoms with van der Waals surface area (Å²) in [6.07, 6.45) is 51.5. The van der Waals surface area contributed by atoms with Gasteiger partial charge >= 0.3 is 0 Å². The third-order valence-corrected chi connectivity index (χ3v) is 12.0. The number of amides is 1. The lowest BCUT2D eigenvalue weighted by Crippen LogP contribution is -2.60. The van der Waals surface area contributed by atoms with E-state index in [1.54, 1.807) is 6.08 Å². The minimum absolute atomic E-state index is 0.193. The molecule has 9 nitrogen and oxygen atoms in total. The summed E-state index contributed by atoms with van der Waals surface area (Å²) in [5, 5.41) is 54.2. The van der Waals surface area contributed by atoms with Gasteiger partial charge in [0.15, 0.2) is 6.29 Å². The number of nitrogens with one attached hydrogen (secondary N) is 1. The van der Waals surface area contributed by atoms with Gasteiger partial charge in [-0.3, -0.25) is 4.79 Å². The molecular formula is C54H97NO8. The Bertz CT molecular complexity index is 1170. The first-order valence-corrected chi connectivity index (χ1v) is 26.0. The molecule has 6 N–H and O–H groups in total. The van der Waals surface area contributed by atoms with Crippen LogP contribution in [0.1, 0.15) is 219 Å². The van der Waals surface area contributed by atoms with Gasteiger partial charge in [0.05, 0.1) is 25.4 Å². The summed E-state index contributed by atoms with van der Waals surface area (Å²) in [7, 11) is 0. The molecule has 1 fully saturated rings. The van der Waals surface area contributed by atoms with E-state index in [4.69, 9.17) is 9.47 Å². The van der Waals surface area contributed by atoms with Gasteiger partial charge in [0, 0.05) is 6.42 Å². The third kappa shape index (κ3) is 33.9. The molecule has 1 aliphatic heterocycles. The van der Waals surface area contributed by atoms with E-state index in [2.05, 4.69) is 67.8 Å². The van der Waals surface area contributed by atoms with Crippen molar-refractivity contribution in [3.63, 3.8) is 0 Å². The van der Waals surface area contributed by atoms with Gasteiger partial charge in [0.1, 0.15) is 24.4 Å². The Morgan fingerprint density at radius 1 is 0.540 bits per heavy atom. The molecule has 0 aliphatic carbocycles. The fraction of sp³-hybridized carbons (Fsp3) is 0.796. The molecule has 1 aliphatic rings. The van der Waals surface area contributed by atoms with Crippen molar-refractivity contribution in [1.82, 2.24) is 5.32 Å². The average Bonchev–Trinajstić information content (AvgIpc) is 3.28. The normalized spacial score (nSPS) is 20.7. The minimum Gasteiger partial charge on any atom is -0.394 e. The fourth-order valence-electron chi connectivity index (χ4n) is 7.87. The lowest BCUT2D eigenvalue weighted by molar-refractivity contribution is -0.302. The Balaban J connectivity index is 2.17. The molecular weight excluding hydrogens is 791 g/mol. The van der Waals surface area contributed by atoms with E-state index >= 15 is 0 Å². The molecule has 0 saturated carbocycles. The second-order valence-corrected chi connectivity index (χ2v) is 17.9. The largest absolute Gasteiger partial charge is 0.394 e. The lowest BCUT2D eigenvalue weighted by atomic mass is 9.99. The molecule has 0 spiro atoms. The van der Waals surface area contributed by atoms with Crippen molar-refractivity contribution in [2.75, 3.05) is 13.2 Å². The molecule has 1 heterocycles. The van der Waals surface area contributed by atoms with Gasteiger partial charge in [-0.1, -0.05) is 203 Å². The minimum atomic E-state index is -1.57. The summed E-state index contributed by atoms with van der Waals surface area (Å²) in [5.74, 6) is -0.193. The Kier molecular flexibility index (Phi) is 40.9. The molecule has 7 unspecified atom stereocenters. The maximum atomic E-state index is 13.0. The van der Waals surface area contributed by atoms with Crippen molar-refractivity contribution in [2.24, 2.45) is 0 Å². The third-order valence-electron chi connectivity index (χ3n) is 12.0. The van der Waals surface area contributed by atoms with E-state index in [1.807, 2.05) is 6.08 Å². The molecule has 0 radical (unpaired) electrons. The van der Waals surface area contributed by atoms with Crippen molar-refractivity contribution in [3.8, 4) is 0 Å². The van der Waals surface area contributed by atoms with E-state index in [1.165, 1.54) is 135 Å². The van der Waals surface area contributed by atoms with Crippen molar-refractivity contribution >= 4 is 5.91 Å². The summed E-state index contributed by atoms with van der Waals surface area (Å²) in [5.41, 5.74) is 0. The Morgan fingerprint density at radius 2 is 0.984 bits per heavy atom. The van der Waals surface area contributed by atoms with Crippen molar-refractivity contribution < 1.29 is 39.8 Å². The lowest BCUT2D eigenvalue weighted by Gasteiger charge is -2.40. The van der Waals surface area contributed by atoms with Gasteiger partial charge in [-0.05, 0) is 70.6 Å². The first-order chi connectivity index (χ1) is 30.8. The first kappa shape index (κ1) is 58.9. The van der Waals surface area contributed by atoms with E-state index in [0.717, 1.165) is 64.2 Å². The van der Waals surface area contributed by atoms with Crippen LogP contribution in [0.25, 0.3) is 0 Å². The van der Waals surface area contributed by atoms with E-state index < -0.39 is 49.5 Å². The van der Waals surface area contributed by atoms with E-state index in [-0.39, 0.29) is 12.5 Å². The van der Waals surface area contributed by atoms with Gasteiger partial charge in [-0.25, -0.2) is 0 Å². The molecule has 7 atom stereocenters. The number of rotatable bonds is 43. The van der Waals surface area contributed by atoms with Crippen LogP contribution in [0.4, 0.5) is 0 Å². The van der Waals surface area contributed by atoms with E-state index in [0.29, 0.717) is 6.42 Å². The molecule has 1 rings (SSSR count). The van der Waals surface area contributed by atoms with Gasteiger partial charge < -0.3 is 40.3 Å². The van der Waals surface area contributed by atoms with Gasteiger partial charge in [-0.15, -0.1) is 0 Å². The highest BCUT2D eigenvalue weighted by atomic mass is 16.7. The van der Waals surface area contributed by atoms with E-state index in [9.17, 15) is 30.3 Å². The number of carbonyl (C=O) groups is 1. The second kappa shape index (κ2) is 43.8. The molecule has 0 aromatic heterocycles. The van der Waals surface area contributed by atoms with Crippen molar-refractivity contribution in [2.45, 2.75) is 262 Å². The number of ether oxygens (including phenoxy) is 2. The van der Waals surface area contributed by atoms with Crippen LogP contribution < -0.4 is 5.32 Å². The number of unbranched alkanes of at least 4 members (excludes halogenated alkanes) is 25. The van der Waals surface area contributed by atoms with Crippen molar-refractivity contribution in [3.05, 3.63) is 60.8 Å². The van der Waals surface area contributed by atoms with Crippen LogP contribution in [0.3, 0.4) is 0 Å². The van der Waals surface area contributed by atoms with Gasteiger partial charge in [0.25, 0.3) is 0 Å². The number of aliphatic hydroxyl groups excluding tert-OH is 5. The number of hydrogen-bond donors (Lipinski definition) is 6. The van der Waals surface area contributed by atoms with Crippen molar-refractivity contribution in [1.29, 1.82) is 0 Å². The van der Waals surface area contributed by atoms with Crippen LogP contribution >= 0.6 is 0 Å². The molecule has 1 saturated heterocycles. The molecule has 0 aromatic carbocycles. The maximum absolute atomic E-state index is 13.0. The summed E-state index contributed by atoms with van der Waals surface area (Å²) in [4.78, 5) is 13.0. The monoisotopic (exact) mass is 888 g/mol. The smallest absolute Gasteiger partial charge is 0.220 e. The molecule has 9 heteroatoms. The van der Waals surface area contributed by atoms with Crippen LogP contribution in [-0.2, 0) is 14.3 Å². The zero-order valence-electron chi connectivity index (χ0n) is 40.3.